The minimum Gasteiger partial charge on any atom is -0.356 e. The van der Waals surface area contributed by atoms with Crippen molar-refractivity contribution in [3.05, 3.63) is 30.1 Å². The summed E-state index contributed by atoms with van der Waals surface area (Å²) in [6.45, 7) is 0. The Morgan fingerprint density at radius 2 is 2.45 bits per heavy atom. The maximum absolute atomic E-state index is 4.20. The van der Waals surface area contributed by atoms with Crippen LogP contribution in [0.3, 0.4) is 0 Å². The Hall–Kier alpha value is -0.830. The van der Waals surface area contributed by atoms with E-state index < -0.39 is 0 Å². The molecule has 0 atom stereocenters. The minimum absolute atomic E-state index is 0.851. The van der Waals surface area contributed by atoms with Crippen LogP contribution in [0.1, 0.15) is 5.69 Å². The van der Waals surface area contributed by atoms with Crippen LogP contribution in [0.2, 0.25) is 0 Å². The predicted molar refractivity (Wildman–Crippen MR) is 48.7 cm³/mol. The summed E-state index contributed by atoms with van der Waals surface area (Å²) in [6.07, 6.45) is 1.80. The van der Waals surface area contributed by atoms with Gasteiger partial charge in [-0.15, -0.1) is 0 Å². The average Bonchev–Trinajstić information content (AvgIpc) is 2.46. The second-order valence-electron chi connectivity index (χ2n) is 2.36. The molecule has 2 nitrogen and oxygen atoms in total. The van der Waals surface area contributed by atoms with E-state index in [9.17, 15) is 0 Å². The summed E-state index contributed by atoms with van der Waals surface area (Å²) in [5.74, 6) is 0. The fourth-order valence-corrected chi connectivity index (χ4v) is 1.39. The van der Waals surface area contributed by atoms with Gasteiger partial charge in [-0.3, -0.25) is 4.98 Å². The van der Waals surface area contributed by atoms with Crippen molar-refractivity contribution in [2.24, 2.45) is 0 Å². The van der Waals surface area contributed by atoms with Crippen molar-refractivity contribution in [3.63, 3.8) is 0 Å². The van der Waals surface area contributed by atoms with Gasteiger partial charge in [-0.25, -0.2) is 0 Å². The third kappa shape index (κ3) is 1.16. The molecule has 0 fully saturated rings. The Labute approximate surface area is 72.8 Å². The van der Waals surface area contributed by atoms with E-state index in [0.717, 1.165) is 16.4 Å². The highest BCUT2D eigenvalue weighted by Gasteiger charge is 1.97. The van der Waals surface area contributed by atoms with Crippen LogP contribution in [0, 0.1) is 0 Å². The van der Waals surface area contributed by atoms with E-state index >= 15 is 0 Å². The lowest BCUT2D eigenvalue weighted by atomic mass is 10.4. The van der Waals surface area contributed by atoms with Gasteiger partial charge in [-0.05, 0) is 18.2 Å². The zero-order valence-electron chi connectivity index (χ0n) is 5.84. The van der Waals surface area contributed by atoms with Gasteiger partial charge in [0.1, 0.15) is 0 Å². The van der Waals surface area contributed by atoms with Gasteiger partial charge >= 0.3 is 0 Å². The molecule has 0 bridgehead atoms. The lowest BCUT2D eigenvalue weighted by Gasteiger charge is -1.84. The molecule has 0 aliphatic heterocycles. The summed E-state index contributed by atoms with van der Waals surface area (Å²) in [4.78, 5) is 7.43. The average molecular weight is 211 g/mol. The standard InChI is InChI=1S/C8H7BrN2/c9-5-6-4-8-7(11-6)2-1-3-10-8/h1-4,11H,5H2. The molecule has 0 aliphatic carbocycles. The van der Waals surface area contributed by atoms with E-state index in [4.69, 9.17) is 0 Å². The number of nitrogens with one attached hydrogen (secondary N) is 1. The minimum atomic E-state index is 0.851. The second kappa shape index (κ2) is 2.66. The van der Waals surface area contributed by atoms with Crippen molar-refractivity contribution in [3.8, 4) is 0 Å². The molecule has 2 heterocycles. The van der Waals surface area contributed by atoms with Gasteiger partial charge in [0.05, 0.1) is 11.0 Å². The molecule has 2 aromatic heterocycles. The van der Waals surface area contributed by atoms with Crippen LogP contribution in [-0.4, -0.2) is 9.97 Å². The van der Waals surface area contributed by atoms with E-state index in [1.165, 1.54) is 5.69 Å². The van der Waals surface area contributed by atoms with Gasteiger partial charge in [-0.1, -0.05) is 15.9 Å². The fourth-order valence-electron chi connectivity index (χ4n) is 1.08. The van der Waals surface area contributed by atoms with E-state index in [0.29, 0.717) is 0 Å². The van der Waals surface area contributed by atoms with Crippen molar-refractivity contribution in [2.45, 2.75) is 5.33 Å². The molecule has 56 valence electrons. The van der Waals surface area contributed by atoms with Crippen LogP contribution in [0.25, 0.3) is 11.0 Å². The number of fused-ring (bicyclic) bond motifs is 1. The molecule has 0 amide bonds. The van der Waals surface area contributed by atoms with Gasteiger partial charge in [0.2, 0.25) is 0 Å². The first-order chi connectivity index (χ1) is 5.40. The zero-order valence-corrected chi connectivity index (χ0v) is 7.43. The Balaban J connectivity index is 2.69. The Morgan fingerprint density at radius 1 is 1.55 bits per heavy atom. The molecule has 0 aliphatic rings. The molecule has 11 heavy (non-hydrogen) atoms. The Morgan fingerprint density at radius 3 is 3.18 bits per heavy atom. The summed E-state index contributed by atoms with van der Waals surface area (Å²) >= 11 is 3.38. The van der Waals surface area contributed by atoms with Gasteiger partial charge < -0.3 is 4.98 Å². The van der Waals surface area contributed by atoms with Crippen LogP contribution in [0.4, 0.5) is 0 Å². The molecule has 0 saturated heterocycles. The number of aromatic nitrogens is 2. The molecule has 0 unspecified atom stereocenters. The molecule has 1 N–H and O–H groups in total. The van der Waals surface area contributed by atoms with Crippen LogP contribution >= 0.6 is 15.9 Å². The molecule has 0 spiro atoms. The fraction of sp³-hybridized carbons (Fsp3) is 0.125. The first kappa shape index (κ1) is 6.85. The van der Waals surface area contributed by atoms with Crippen LogP contribution in [-0.2, 0) is 5.33 Å². The normalized spacial score (nSPS) is 10.6. The topological polar surface area (TPSA) is 28.7 Å². The van der Waals surface area contributed by atoms with Crippen molar-refractivity contribution in [1.82, 2.24) is 9.97 Å². The summed E-state index contributed by atoms with van der Waals surface area (Å²) < 4.78 is 0. The van der Waals surface area contributed by atoms with E-state index in [-0.39, 0.29) is 0 Å². The van der Waals surface area contributed by atoms with Crippen LogP contribution in [0.15, 0.2) is 24.4 Å². The molecule has 2 rings (SSSR count). The first-order valence-corrected chi connectivity index (χ1v) is 4.51. The van der Waals surface area contributed by atoms with Crippen molar-refractivity contribution in [1.29, 1.82) is 0 Å². The lowest BCUT2D eigenvalue weighted by Crippen LogP contribution is -1.72. The van der Waals surface area contributed by atoms with E-state index in [2.05, 4.69) is 25.9 Å². The van der Waals surface area contributed by atoms with Crippen molar-refractivity contribution in [2.75, 3.05) is 0 Å². The lowest BCUT2D eigenvalue weighted by molar-refractivity contribution is 1.28. The van der Waals surface area contributed by atoms with Crippen molar-refractivity contribution >= 4 is 27.0 Å². The quantitative estimate of drug-likeness (QED) is 0.721. The van der Waals surface area contributed by atoms with Crippen LogP contribution < -0.4 is 0 Å². The maximum Gasteiger partial charge on any atom is 0.0881 e. The highest BCUT2D eigenvalue weighted by molar-refractivity contribution is 9.08. The monoisotopic (exact) mass is 210 g/mol. The number of halogens is 1. The smallest absolute Gasteiger partial charge is 0.0881 e. The SMILES string of the molecule is BrCc1cc2ncccc2[nH]1. The molecule has 2 aromatic rings. The number of nitrogens with zero attached hydrogens (tertiary/aromatic N) is 1. The summed E-state index contributed by atoms with van der Waals surface area (Å²) in [5, 5.41) is 0.851. The van der Waals surface area contributed by atoms with Gasteiger partial charge in [0.15, 0.2) is 0 Å². The first-order valence-electron chi connectivity index (χ1n) is 3.39. The van der Waals surface area contributed by atoms with Gasteiger partial charge in [0.25, 0.3) is 0 Å². The number of aromatic amines is 1. The molecular formula is C8H7BrN2. The third-order valence-electron chi connectivity index (χ3n) is 1.59. The molecular weight excluding hydrogens is 204 g/mol. The Bertz CT molecular complexity index is 334. The molecule has 0 aromatic carbocycles. The van der Waals surface area contributed by atoms with Crippen molar-refractivity contribution < 1.29 is 0 Å². The number of alkyl halides is 1. The molecule has 3 heteroatoms. The van der Waals surface area contributed by atoms with Gasteiger partial charge in [0, 0.05) is 17.2 Å². The maximum atomic E-state index is 4.20. The van der Waals surface area contributed by atoms with Gasteiger partial charge in [-0.2, -0.15) is 0 Å². The summed E-state index contributed by atoms with van der Waals surface area (Å²) in [6, 6.07) is 6.00. The van der Waals surface area contributed by atoms with E-state index in [1.807, 2.05) is 18.2 Å². The highest BCUT2D eigenvalue weighted by atomic mass is 79.9. The highest BCUT2D eigenvalue weighted by Crippen LogP contribution is 2.13. The predicted octanol–water partition coefficient (Wildman–Crippen LogP) is 2.46. The molecule has 0 saturated carbocycles. The third-order valence-corrected chi connectivity index (χ3v) is 2.19. The molecule has 0 radical (unpaired) electrons. The van der Waals surface area contributed by atoms with E-state index in [1.54, 1.807) is 6.20 Å². The summed E-state index contributed by atoms with van der Waals surface area (Å²) in [5.41, 5.74) is 3.29. The zero-order chi connectivity index (χ0) is 7.68. The number of hydrogen-bond acceptors (Lipinski definition) is 1. The summed E-state index contributed by atoms with van der Waals surface area (Å²) in [7, 11) is 0. The number of pyridine rings is 1. The largest absolute Gasteiger partial charge is 0.356 e. The number of hydrogen-bond donors (Lipinski definition) is 1. The Kier molecular flexibility index (Phi) is 1.66. The van der Waals surface area contributed by atoms with Crippen LogP contribution in [0.5, 0.6) is 0 Å². The second-order valence-corrected chi connectivity index (χ2v) is 2.93. The number of rotatable bonds is 1. The number of H-pyrrole nitrogens is 1.